The molecule has 0 aromatic carbocycles. The van der Waals surface area contributed by atoms with Crippen LogP contribution < -0.4 is 4.90 Å². The molecule has 0 unspecified atom stereocenters. The number of amides is 1. The van der Waals surface area contributed by atoms with Gasteiger partial charge in [-0.05, 0) is 36.6 Å². The Morgan fingerprint density at radius 1 is 1.33 bits per heavy atom. The van der Waals surface area contributed by atoms with Gasteiger partial charge in [0.2, 0.25) is 0 Å². The fourth-order valence-corrected chi connectivity index (χ4v) is 2.50. The standard InChI is InChI=1S/C14H15N3O/c1-10-3-6-15-9-12(10)17-8-5-11-4-7-16(2)13(11)14(17)18/h3-4,6-7,9H,5,8H2,1-2H3. The fourth-order valence-electron chi connectivity index (χ4n) is 2.50. The number of aryl methyl sites for hydroxylation is 2. The van der Waals surface area contributed by atoms with Crippen LogP contribution in [0, 0.1) is 6.92 Å². The Labute approximate surface area is 106 Å². The van der Waals surface area contributed by atoms with Gasteiger partial charge >= 0.3 is 0 Å². The number of aromatic nitrogens is 2. The summed E-state index contributed by atoms with van der Waals surface area (Å²) in [6.45, 7) is 2.73. The maximum atomic E-state index is 12.5. The Kier molecular flexibility index (Phi) is 2.44. The van der Waals surface area contributed by atoms with E-state index in [0.717, 1.165) is 35.5 Å². The van der Waals surface area contributed by atoms with Crippen molar-refractivity contribution in [1.29, 1.82) is 0 Å². The number of carbonyl (C=O) groups excluding carboxylic acids is 1. The molecule has 2 aromatic rings. The monoisotopic (exact) mass is 241 g/mol. The van der Waals surface area contributed by atoms with Crippen molar-refractivity contribution in [2.45, 2.75) is 13.3 Å². The highest BCUT2D eigenvalue weighted by molar-refractivity contribution is 6.07. The second-order valence-electron chi connectivity index (χ2n) is 4.67. The SMILES string of the molecule is Cc1ccncc1N1CCc2ccn(C)c2C1=O. The number of anilines is 1. The van der Waals surface area contributed by atoms with Crippen molar-refractivity contribution in [3.8, 4) is 0 Å². The molecule has 0 aliphatic carbocycles. The number of carbonyl (C=O) groups is 1. The third-order valence-electron chi connectivity index (χ3n) is 3.51. The summed E-state index contributed by atoms with van der Waals surface area (Å²) in [6, 6.07) is 3.96. The van der Waals surface area contributed by atoms with Crippen LogP contribution in [0.25, 0.3) is 0 Å². The Morgan fingerprint density at radius 3 is 2.94 bits per heavy atom. The molecule has 0 saturated carbocycles. The molecule has 3 heterocycles. The molecule has 0 N–H and O–H groups in total. The third kappa shape index (κ3) is 1.53. The third-order valence-corrected chi connectivity index (χ3v) is 3.51. The number of nitrogens with zero attached hydrogens (tertiary/aromatic N) is 3. The first-order chi connectivity index (χ1) is 8.68. The molecular formula is C14H15N3O. The van der Waals surface area contributed by atoms with Gasteiger partial charge in [-0.15, -0.1) is 0 Å². The molecule has 0 saturated heterocycles. The first-order valence-corrected chi connectivity index (χ1v) is 6.05. The molecule has 18 heavy (non-hydrogen) atoms. The summed E-state index contributed by atoms with van der Waals surface area (Å²) in [5, 5.41) is 0. The average Bonchev–Trinajstić information content (AvgIpc) is 2.74. The van der Waals surface area contributed by atoms with Crippen molar-refractivity contribution in [3.05, 3.63) is 47.5 Å². The van der Waals surface area contributed by atoms with Crippen LogP contribution in [-0.2, 0) is 13.5 Å². The Morgan fingerprint density at radius 2 is 2.17 bits per heavy atom. The lowest BCUT2D eigenvalue weighted by Gasteiger charge is -2.28. The molecule has 0 bridgehead atoms. The molecular weight excluding hydrogens is 226 g/mol. The van der Waals surface area contributed by atoms with E-state index < -0.39 is 0 Å². The number of hydrogen-bond donors (Lipinski definition) is 0. The molecule has 92 valence electrons. The summed E-state index contributed by atoms with van der Waals surface area (Å²) in [5.74, 6) is 0.0693. The van der Waals surface area contributed by atoms with E-state index in [0.29, 0.717) is 0 Å². The lowest BCUT2D eigenvalue weighted by molar-refractivity contribution is 0.0972. The molecule has 2 aromatic heterocycles. The quantitative estimate of drug-likeness (QED) is 0.765. The van der Waals surface area contributed by atoms with Gasteiger partial charge in [0.15, 0.2) is 0 Å². The summed E-state index contributed by atoms with van der Waals surface area (Å²) >= 11 is 0. The van der Waals surface area contributed by atoms with Crippen LogP contribution in [0.2, 0.25) is 0 Å². The van der Waals surface area contributed by atoms with Gasteiger partial charge in [-0.25, -0.2) is 0 Å². The summed E-state index contributed by atoms with van der Waals surface area (Å²) in [4.78, 5) is 18.5. The van der Waals surface area contributed by atoms with Gasteiger partial charge < -0.3 is 9.47 Å². The molecule has 4 heteroatoms. The number of pyridine rings is 1. The van der Waals surface area contributed by atoms with Gasteiger partial charge in [-0.3, -0.25) is 9.78 Å². The summed E-state index contributed by atoms with van der Waals surface area (Å²) in [5.41, 5.74) is 3.93. The van der Waals surface area contributed by atoms with Gasteiger partial charge in [0.1, 0.15) is 5.69 Å². The van der Waals surface area contributed by atoms with Crippen LogP contribution in [0.5, 0.6) is 0 Å². The van der Waals surface area contributed by atoms with E-state index in [-0.39, 0.29) is 5.91 Å². The Hall–Kier alpha value is -2.10. The molecule has 4 nitrogen and oxygen atoms in total. The van der Waals surface area contributed by atoms with E-state index in [1.807, 2.05) is 41.8 Å². The second kappa shape index (κ2) is 3.98. The summed E-state index contributed by atoms with van der Waals surface area (Å²) < 4.78 is 1.90. The number of fused-ring (bicyclic) bond motifs is 1. The number of rotatable bonds is 1. The van der Waals surface area contributed by atoms with Gasteiger partial charge in [0.25, 0.3) is 5.91 Å². The molecule has 0 fully saturated rings. The zero-order chi connectivity index (χ0) is 12.7. The Balaban J connectivity index is 2.05. The summed E-state index contributed by atoms with van der Waals surface area (Å²) in [7, 11) is 1.91. The minimum Gasteiger partial charge on any atom is -0.346 e. The summed E-state index contributed by atoms with van der Waals surface area (Å²) in [6.07, 6.45) is 6.36. The smallest absolute Gasteiger partial charge is 0.275 e. The maximum absolute atomic E-state index is 12.5. The molecule has 0 radical (unpaired) electrons. The largest absolute Gasteiger partial charge is 0.346 e. The van der Waals surface area contributed by atoms with Crippen molar-refractivity contribution in [1.82, 2.24) is 9.55 Å². The lowest BCUT2D eigenvalue weighted by Crippen LogP contribution is -2.38. The average molecular weight is 241 g/mol. The van der Waals surface area contributed by atoms with E-state index >= 15 is 0 Å². The van der Waals surface area contributed by atoms with Crippen molar-refractivity contribution in [2.75, 3.05) is 11.4 Å². The van der Waals surface area contributed by atoms with Crippen molar-refractivity contribution < 1.29 is 4.79 Å². The second-order valence-corrected chi connectivity index (χ2v) is 4.67. The van der Waals surface area contributed by atoms with Crippen LogP contribution in [0.1, 0.15) is 21.6 Å². The van der Waals surface area contributed by atoms with Crippen LogP contribution in [0.4, 0.5) is 5.69 Å². The molecule has 0 spiro atoms. The first-order valence-electron chi connectivity index (χ1n) is 6.05. The molecule has 1 aliphatic heterocycles. The minimum absolute atomic E-state index is 0.0693. The number of hydrogen-bond acceptors (Lipinski definition) is 2. The van der Waals surface area contributed by atoms with Crippen molar-refractivity contribution >= 4 is 11.6 Å². The van der Waals surface area contributed by atoms with E-state index in [2.05, 4.69) is 4.98 Å². The van der Waals surface area contributed by atoms with Gasteiger partial charge in [0.05, 0.1) is 11.9 Å². The minimum atomic E-state index is 0.0693. The van der Waals surface area contributed by atoms with Gasteiger partial charge in [-0.2, -0.15) is 0 Å². The highest BCUT2D eigenvalue weighted by atomic mass is 16.2. The van der Waals surface area contributed by atoms with E-state index in [9.17, 15) is 4.79 Å². The van der Waals surface area contributed by atoms with E-state index in [1.54, 1.807) is 12.4 Å². The van der Waals surface area contributed by atoms with Crippen LogP contribution in [0.15, 0.2) is 30.7 Å². The first kappa shape index (κ1) is 11.0. The predicted octanol–water partition coefficient (Wildman–Crippen LogP) is 1.93. The highest BCUT2D eigenvalue weighted by Crippen LogP contribution is 2.26. The molecule has 0 atom stereocenters. The van der Waals surface area contributed by atoms with Crippen molar-refractivity contribution in [2.24, 2.45) is 7.05 Å². The zero-order valence-electron chi connectivity index (χ0n) is 10.6. The topological polar surface area (TPSA) is 38.1 Å². The highest BCUT2D eigenvalue weighted by Gasteiger charge is 2.28. The van der Waals surface area contributed by atoms with Crippen molar-refractivity contribution in [3.63, 3.8) is 0 Å². The fraction of sp³-hybridized carbons (Fsp3) is 0.286. The van der Waals surface area contributed by atoms with E-state index in [4.69, 9.17) is 0 Å². The van der Waals surface area contributed by atoms with Gasteiger partial charge in [-0.1, -0.05) is 0 Å². The van der Waals surface area contributed by atoms with Crippen LogP contribution in [-0.4, -0.2) is 22.0 Å². The van der Waals surface area contributed by atoms with E-state index in [1.165, 1.54) is 0 Å². The lowest BCUT2D eigenvalue weighted by atomic mass is 10.1. The normalized spacial score (nSPS) is 14.8. The Bertz CT molecular complexity index is 615. The molecule has 1 aliphatic rings. The maximum Gasteiger partial charge on any atom is 0.275 e. The van der Waals surface area contributed by atoms with Gasteiger partial charge in [0, 0.05) is 26.0 Å². The van der Waals surface area contributed by atoms with Crippen LogP contribution >= 0.6 is 0 Å². The predicted molar refractivity (Wildman–Crippen MR) is 69.8 cm³/mol. The molecule has 3 rings (SSSR count). The molecule has 1 amide bonds. The zero-order valence-corrected chi connectivity index (χ0v) is 10.6. The van der Waals surface area contributed by atoms with Crippen LogP contribution in [0.3, 0.4) is 0 Å².